The van der Waals surface area contributed by atoms with Gasteiger partial charge in [-0.05, 0) is 30.4 Å². The number of carbonyl (C=O) groups excluding carboxylic acids is 1. The van der Waals surface area contributed by atoms with Crippen molar-refractivity contribution < 1.29 is 4.79 Å². The standard InChI is InChI=1S/C11H17N3O/c1-14-5-4-10(8-14)7-13-11(15)12-6-9-2-3-9/h4-5,8-9H,2-3,6-7H2,1H3,(H2,12,13,15). The summed E-state index contributed by atoms with van der Waals surface area (Å²) < 4.78 is 1.97. The lowest BCUT2D eigenvalue weighted by Gasteiger charge is -2.05. The van der Waals surface area contributed by atoms with Crippen molar-refractivity contribution in [3.8, 4) is 0 Å². The van der Waals surface area contributed by atoms with E-state index in [1.54, 1.807) is 0 Å². The fraction of sp³-hybridized carbons (Fsp3) is 0.545. The molecule has 0 radical (unpaired) electrons. The first-order chi connectivity index (χ1) is 7.24. The van der Waals surface area contributed by atoms with E-state index in [9.17, 15) is 4.79 Å². The van der Waals surface area contributed by atoms with Gasteiger partial charge in [0.1, 0.15) is 0 Å². The molecule has 1 fully saturated rings. The van der Waals surface area contributed by atoms with E-state index in [2.05, 4.69) is 10.6 Å². The van der Waals surface area contributed by atoms with Crippen LogP contribution in [0.25, 0.3) is 0 Å². The summed E-state index contributed by atoms with van der Waals surface area (Å²) in [6.07, 6.45) is 6.50. The molecule has 0 aliphatic heterocycles. The average molecular weight is 207 g/mol. The molecule has 4 nitrogen and oxygen atoms in total. The van der Waals surface area contributed by atoms with Gasteiger partial charge in [-0.15, -0.1) is 0 Å². The lowest BCUT2D eigenvalue weighted by Crippen LogP contribution is -2.36. The molecule has 4 heteroatoms. The fourth-order valence-electron chi connectivity index (χ4n) is 1.47. The first kappa shape index (κ1) is 10.1. The predicted octanol–water partition coefficient (Wildman–Crippen LogP) is 1.23. The highest BCUT2D eigenvalue weighted by Crippen LogP contribution is 2.27. The first-order valence-electron chi connectivity index (χ1n) is 5.36. The molecule has 82 valence electrons. The third-order valence-electron chi connectivity index (χ3n) is 2.59. The van der Waals surface area contributed by atoms with Crippen molar-refractivity contribution in [1.29, 1.82) is 0 Å². The number of aryl methyl sites for hydroxylation is 1. The molecule has 2 N–H and O–H groups in total. The second kappa shape index (κ2) is 4.38. The van der Waals surface area contributed by atoms with Crippen LogP contribution in [0.1, 0.15) is 18.4 Å². The number of rotatable bonds is 4. The van der Waals surface area contributed by atoms with Crippen molar-refractivity contribution in [2.75, 3.05) is 6.54 Å². The molecule has 1 heterocycles. The van der Waals surface area contributed by atoms with Crippen molar-refractivity contribution in [2.45, 2.75) is 19.4 Å². The lowest BCUT2D eigenvalue weighted by molar-refractivity contribution is 0.240. The summed E-state index contributed by atoms with van der Waals surface area (Å²) in [4.78, 5) is 11.3. The Morgan fingerprint density at radius 2 is 2.33 bits per heavy atom. The van der Waals surface area contributed by atoms with E-state index in [-0.39, 0.29) is 6.03 Å². The van der Waals surface area contributed by atoms with Crippen molar-refractivity contribution in [1.82, 2.24) is 15.2 Å². The Hall–Kier alpha value is -1.45. The van der Waals surface area contributed by atoms with E-state index in [0.29, 0.717) is 6.54 Å². The molecule has 1 aliphatic carbocycles. The van der Waals surface area contributed by atoms with E-state index >= 15 is 0 Å². The third kappa shape index (κ3) is 3.31. The normalized spacial score (nSPS) is 15.0. The van der Waals surface area contributed by atoms with E-state index in [1.165, 1.54) is 12.8 Å². The lowest BCUT2D eigenvalue weighted by atomic mass is 10.3. The van der Waals surface area contributed by atoms with Crippen molar-refractivity contribution in [3.63, 3.8) is 0 Å². The maximum absolute atomic E-state index is 11.3. The van der Waals surface area contributed by atoms with Gasteiger partial charge in [0.05, 0.1) is 0 Å². The summed E-state index contributed by atoms with van der Waals surface area (Å²) >= 11 is 0. The van der Waals surface area contributed by atoms with Gasteiger partial charge < -0.3 is 15.2 Å². The molecule has 1 saturated carbocycles. The Morgan fingerprint density at radius 1 is 1.53 bits per heavy atom. The summed E-state index contributed by atoms with van der Waals surface area (Å²) in [5, 5.41) is 5.70. The molecule has 0 atom stereocenters. The van der Waals surface area contributed by atoms with Crippen LogP contribution in [0.2, 0.25) is 0 Å². The van der Waals surface area contributed by atoms with Crippen LogP contribution in [0.3, 0.4) is 0 Å². The van der Waals surface area contributed by atoms with Crippen LogP contribution in [0.4, 0.5) is 4.79 Å². The smallest absolute Gasteiger partial charge is 0.315 e. The summed E-state index contributed by atoms with van der Waals surface area (Å²) in [5.74, 6) is 0.729. The molecule has 0 unspecified atom stereocenters. The Bertz CT molecular complexity index is 341. The Labute approximate surface area is 89.7 Å². The second-order valence-electron chi connectivity index (χ2n) is 4.19. The molecule has 2 rings (SSSR count). The molecular weight excluding hydrogens is 190 g/mol. The molecule has 0 aromatic carbocycles. The minimum Gasteiger partial charge on any atom is -0.357 e. The molecular formula is C11H17N3O. The Kier molecular flexibility index (Phi) is 2.94. The summed E-state index contributed by atoms with van der Waals surface area (Å²) in [7, 11) is 1.97. The van der Waals surface area contributed by atoms with Gasteiger partial charge in [-0.3, -0.25) is 0 Å². The number of nitrogens with one attached hydrogen (secondary N) is 2. The average Bonchev–Trinajstić information content (AvgIpc) is 2.95. The Morgan fingerprint density at radius 3 is 2.93 bits per heavy atom. The van der Waals surface area contributed by atoms with Crippen LogP contribution in [0.15, 0.2) is 18.5 Å². The van der Waals surface area contributed by atoms with Crippen LogP contribution in [0, 0.1) is 5.92 Å². The van der Waals surface area contributed by atoms with Crippen LogP contribution in [0.5, 0.6) is 0 Å². The molecule has 1 aliphatic rings. The maximum Gasteiger partial charge on any atom is 0.315 e. The number of hydrogen-bond donors (Lipinski definition) is 2. The van der Waals surface area contributed by atoms with Gasteiger partial charge in [0.2, 0.25) is 0 Å². The van der Waals surface area contributed by atoms with Gasteiger partial charge in [-0.2, -0.15) is 0 Å². The quantitative estimate of drug-likeness (QED) is 0.766. The van der Waals surface area contributed by atoms with E-state index in [4.69, 9.17) is 0 Å². The Balaban J connectivity index is 1.65. The number of carbonyl (C=O) groups is 1. The van der Waals surface area contributed by atoms with E-state index < -0.39 is 0 Å². The van der Waals surface area contributed by atoms with Gasteiger partial charge >= 0.3 is 6.03 Å². The van der Waals surface area contributed by atoms with Crippen LogP contribution in [-0.4, -0.2) is 17.1 Å². The van der Waals surface area contributed by atoms with Crippen molar-refractivity contribution >= 4 is 6.03 Å². The van der Waals surface area contributed by atoms with E-state index in [0.717, 1.165) is 18.0 Å². The van der Waals surface area contributed by atoms with E-state index in [1.807, 2.05) is 30.1 Å². The van der Waals surface area contributed by atoms with Crippen molar-refractivity contribution in [3.05, 3.63) is 24.0 Å². The topological polar surface area (TPSA) is 46.1 Å². The van der Waals surface area contributed by atoms with Crippen molar-refractivity contribution in [2.24, 2.45) is 13.0 Å². The number of hydrogen-bond acceptors (Lipinski definition) is 1. The minimum absolute atomic E-state index is 0.0641. The fourth-order valence-corrected chi connectivity index (χ4v) is 1.47. The van der Waals surface area contributed by atoms with Crippen LogP contribution >= 0.6 is 0 Å². The van der Waals surface area contributed by atoms with Crippen LogP contribution in [-0.2, 0) is 13.6 Å². The number of nitrogens with zero attached hydrogens (tertiary/aromatic N) is 1. The van der Waals surface area contributed by atoms with Gasteiger partial charge in [-0.1, -0.05) is 0 Å². The minimum atomic E-state index is -0.0641. The van der Waals surface area contributed by atoms with Gasteiger partial charge in [0.25, 0.3) is 0 Å². The zero-order valence-corrected chi connectivity index (χ0v) is 8.99. The molecule has 15 heavy (non-hydrogen) atoms. The monoisotopic (exact) mass is 207 g/mol. The summed E-state index contributed by atoms with van der Waals surface area (Å²) in [6.45, 7) is 1.41. The summed E-state index contributed by atoms with van der Waals surface area (Å²) in [5.41, 5.74) is 1.12. The SMILES string of the molecule is Cn1ccc(CNC(=O)NCC2CC2)c1. The van der Waals surface area contributed by atoms with Gasteiger partial charge in [0.15, 0.2) is 0 Å². The van der Waals surface area contributed by atoms with Gasteiger partial charge in [-0.25, -0.2) is 4.79 Å². The highest BCUT2D eigenvalue weighted by atomic mass is 16.2. The zero-order valence-electron chi connectivity index (χ0n) is 8.99. The highest BCUT2D eigenvalue weighted by Gasteiger charge is 2.21. The predicted molar refractivity (Wildman–Crippen MR) is 58.4 cm³/mol. The second-order valence-corrected chi connectivity index (χ2v) is 4.19. The maximum atomic E-state index is 11.3. The first-order valence-corrected chi connectivity index (χ1v) is 5.36. The molecule has 1 aromatic heterocycles. The largest absolute Gasteiger partial charge is 0.357 e. The van der Waals surface area contributed by atoms with Crippen LogP contribution < -0.4 is 10.6 Å². The molecule has 0 bridgehead atoms. The zero-order chi connectivity index (χ0) is 10.7. The molecule has 0 saturated heterocycles. The highest BCUT2D eigenvalue weighted by molar-refractivity contribution is 5.73. The number of urea groups is 1. The molecule has 0 spiro atoms. The van der Waals surface area contributed by atoms with Gasteiger partial charge in [0, 0.05) is 32.5 Å². The molecule has 1 aromatic rings. The molecule has 2 amide bonds. The third-order valence-corrected chi connectivity index (χ3v) is 2.59. The number of aromatic nitrogens is 1. The number of amides is 2. The summed E-state index contributed by atoms with van der Waals surface area (Å²) in [6, 6.07) is 1.94.